The molecule has 0 saturated carbocycles. The molecule has 0 amide bonds. The minimum atomic E-state index is -0.473. The number of rotatable bonds is 3. The zero-order valence-corrected chi connectivity index (χ0v) is 7.02. The van der Waals surface area contributed by atoms with E-state index in [9.17, 15) is 4.79 Å². The van der Waals surface area contributed by atoms with Gasteiger partial charge in [-0.25, -0.2) is 4.79 Å². The molecule has 11 heavy (non-hydrogen) atoms. The Balaban J connectivity index is 4.08. The molecule has 0 aliphatic heterocycles. The molecule has 0 aromatic carbocycles. The topological polar surface area (TPSA) is 26.3 Å². The van der Waals surface area contributed by atoms with E-state index < -0.39 is 5.97 Å². The highest BCUT2D eigenvalue weighted by Gasteiger charge is 2.00. The first kappa shape index (κ1) is 9.98. The Kier molecular flexibility index (Phi) is 4.30. The van der Waals surface area contributed by atoms with Gasteiger partial charge < -0.3 is 4.74 Å². The zero-order valence-electron chi connectivity index (χ0n) is 6.26. The molecule has 0 rings (SSSR count). The lowest BCUT2D eigenvalue weighted by Crippen LogP contribution is -2.00. The van der Waals surface area contributed by atoms with Gasteiger partial charge in [-0.3, -0.25) is 0 Å². The third kappa shape index (κ3) is 4.39. The van der Waals surface area contributed by atoms with Crippen molar-refractivity contribution in [2.24, 2.45) is 0 Å². The molecule has 0 aliphatic carbocycles. The molecule has 0 heterocycles. The second-order valence-corrected chi connectivity index (χ2v) is 2.28. The fourth-order valence-corrected chi connectivity index (χ4v) is 0.453. The number of carbonyl (C=O) groups is 1. The maximum atomic E-state index is 10.7. The summed E-state index contributed by atoms with van der Waals surface area (Å²) in [5.74, 6) is -0.473. The molecule has 60 valence electrons. The van der Waals surface area contributed by atoms with E-state index in [1.165, 1.54) is 19.3 Å². The quantitative estimate of drug-likeness (QED) is 0.370. The van der Waals surface area contributed by atoms with Crippen LogP contribution in [-0.4, -0.2) is 13.1 Å². The molecule has 0 saturated heterocycles. The van der Waals surface area contributed by atoms with Gasteiger partial charge in [0.05, 0.1) is 12.7 Å². The Bertz CT molecular complexity index is 216. The Hall–Kier alpha value is -1.02. The van der Waals surface area contributed by atoms with Gasteiger partial charge >= 0.3 is 5.97 Å². The Morgan fingerprint density at radius 3 is 2.36 bits per heavy atom. The average Bonchev–Trinajstić information content (AvgIpc) is 1.98. The fraction of sp³-hybridized carbons (Fsp3) is 0.125. The number of methoxy groups -OCH3 is 1. The molecule has 0 atom stereocenters. The van der Waals surface area contributed by atoms with E-state index >= 15 is 0 Å². The van der Waals surface area contributed by atoms with Crippen LogP contribution < -0.4 is 0 Å². The number of halogens is 1. The van der Waals surface area contributed by atoms with Gasteiger partial charge in [-0.15, -0.1) is 0 Å². The third-order valence-corrected chi connectivity index (χ3v) is 1.04. The van der Waals surface area contributed by atoms with Crippen molar-refractivity contribution in [2.75, 3.05) is 7.11 Å². The van der Waals surface area contributed by atoms with Crippen LogP contribution in [0, 0.1) is 0 Å². The number of hydrogen-bond acceptors (Lipinski definition) is 2. The molecule has 0 aromatic heterocycles. The molecule has 3 heteroatoms. The Morgan fingerprint density at radius 1 is 1.45 bits per heavy atom. The Labute approximate surface area is 70.8 Å². The van der Waals surface area contributed by atoms with Crippen molar-refractivity contribution in [3.63, 3.8) is 0 Å². The molecule has 0 N–H and O–H groups in total. The number of allylic oxidation sites excluding steroid dienone is 2. The molecule has 0 bridgehead atoms. The van der Waals surface area contributed by atoms with Crippen LogP contribution in [0.15, 0.2) is 35.9 Å². The summed E-state index contributed by atoms with van der Waals surface area (Å²) in [6, 6.07) is 0. The van der Waals surface area contributed by atoms with E-state index in [0.29, 0.717) is 5.03 Å². The minimum absolute atomic E-state index is 0.245. The summed E-state index contributed by atoms with van der Waals surface area (Å²) in [6.07, 6.45) is 2.92. The Morgan fingerprint density at radius 2 is 2.00 bits per heavy atom. The number of esters is 1. The highest BCUT2D eigenvalue weighted by molar-refractivity contribution is 6.30. The predicted octanol–water partition coefficient (Wildman–Crippen LogP) is 2.02. The van der Waals surface area contributed by atoms with Crippen LogP contribution >= 0.6 is 11.6 Å². The van der Waals surface area contributed by atoms with E-state index in [2.05, 4.69) is 17.9 Å². The maximum Gasteiger partial charge on any atom is 0.337 e. The van der Waals surface area contributed by atoms with E-state index in [0.717, 1.165) is 0 Å². The van der Waals surface area contributed by atoms with Crippen molar-refractivity contribution in [1.82, 2.24) is 0 Å². The van der Waals surface area contributed by atoms with Crippen LogP contribution in [0.5, 0.6) is 0 Å². The minimum Gasteiger partial charge on any atom is -0.465 e. The zero-order chi connectivity index (χ0) is 8.85. The van der Waals surface area contributed by atoms with Crippen molar-refractivity contribution < 1.29 is 9.53 Å². The first-order valence-electron chi connectivity index (χ1n) is 2.87. The molecule has 0 unspecified atom stereocenters. The second kappa shape index (κ2) is 4.74. The van der Waals surface area contributed by atoms with Gasteiger partial charge in [0.25, 0.3) is 0 Å². The number of ether oxygens (including phenoxy) is 1. The maximum absolute atomic E-state index is 10.7. The van der Waals surface area contributed by atoms with Crippen molar-refractivity contribution in [3.05, 3.63) is 35.9 Å². The second-order valence-electron chi connectivity index (χ2n) is 1.80. The molecule has 0 aromatic rings. The van der Waals surface area contributed by atoms with E-state index in [-0.39, 0.29) is 5.57 Å². The lowest BCUT2D eigenvalue weighted by atomic mass is 10.3. The van der Waals surface area contributed by atoms with Crippen LogP contribution in [0.4, 0.5) is 0 Å². The van der Waals surface area contributed by atoms with Gasteiger partial charge in [0.15, 0.2) is 0 Å². The monoisotopic (exact) mass is 172 g/mol. The molecular weight excluding hydrogens is 164 g/mol. The standard InChI is InChI=1S/C8H9ClO2/c1-6(8(10)11-3)4-5-7(2)9/h4-5H,1-2H2,3H3. The summed E-state index contributed by atoms with van der Waals surface area (Å²) in [6.45, 7) is 6.83. The summed E-state index contributed by atoms with van der Waals surface area (Å²) in [5, 5.41) is 0.343. The summed E-state index contributed by atoms with van der Waals surface area (Å²) in [5.41, 5.74) is 0.245. The SMILES string of the molecule is C=C(Cl)C=CC(=C)C(=O)OC. The first-order chi connectivity index (χ1) is 5.07. The number of carbonyl (C=O) groups excluding carboxylic acids is 1. The molecule has 0 fully saturated rings. The molecule has 0 spiro atoms. The lowest BCUT2D eigenvalue weighted by Gasteiger charge is -1.94. The van der Waals surface area contributed by atoms with Crippen LogP contribution in [0.25, 0.3) is 0 Å². The van der Waals surface area contributed by atoms with Gasteiger partial charge in [-0.1, -0.05) is 24.8 Å². The summed E-state index contributed by atoms with van der Waals surface area (Å²) in [4.78, 5) is 10.7. The summed E-state index contributed by atoms with van der Waals surface area (Å²) >= 11 is 5.40. The predicted molar refractivity (Wildman–Crippen MR) is 45.3 cm³/mol. The van der Waals surface area contributed by atoms with Crippen molar-refractivity contribution in [2.45, 2.75) is 0 Å². The van der Waals surface area contributed by atoms with Crippen molar-refractivity contribution in [3.8, 4) is 0 Å². The highest BCUT2D eigenvalue weighted by atomic mass is 35.5. The van der Waals surface area contributed by atoms with E-state index in [1.54, 1.807) is 0 Å². The fourth-order valence-electron chi connectivity index (χ4n) is 0.390. The molecule has 2 nitrogen and oxygen atoms in total. The van der Waals surface area contributed by atoms with Gasteiger partial charge in [0.1, 0.15) is 0 Å². The van der Waals surface area contributed by atoms with Gasteiger partial charge in [-0.05, 0) is 12.2 Å². The van der Waals surface area contributed by atoms with Gasteiger partial charge in [-0.2, -0.15) is 0 Å². The number of hydrogen-bond donors (Lipinski definition) is 0. The van der Waals surface area contributed by atoms with Gasteiger partial charge in [0, 0.05) is 5.03 Å². The average molecular weight is 173 g/mol. The molecule has 0 aliphatic rings. The molecular formula is C8H9ClO2. The molecule has 0 radical (unpaired) electrons. The van der Waals surface area contributed by atoms with Crippen molar-refractivity contribution in [1.29, 1.82) is 0 Å². The van der Waals surface area contributed by atoms with Crippen LogP contribution in [0.3, 0.4) is 0 Å². The van der Waals surface area contributed by atoms with E-state index in [4.69, 9.17) is 11.6 Å². The summed E-state index contributed by atoms with van der Waals surface area (Å²) in [7, 11) is 1.29. The lowest BCUT2D eigenvalue weighted by molar-refractivity contribution is -0.135. The highest BCUT2D eigenvalue weighted by Crippen LogP contribution is 2.02. The summed E-state index contributed by atoms with van der Waals surface area (Å²) < 4.78 is 4.38. The smallest absolute Gasteiger partial charge is 0.337 e. The first-order valence-corrected chi connectivity index (χ1v) is 3.25. The van der Waals surface area contributed by atoms with Crippen molar-refractivity contribution >= 4 is 17.6 Å². The van der Waals surface area contributed by atoms with E-state index in [1.807, 2.05) is 0 Å². The van der Waals surface area contributed by atoms with Gasteiger partial charge in [0.2, 0.25) is 0 Å². The van der Waals surface area contributed by atoms with Crippen LogP contribution in [0.2, 0.25) is 0 Å². The van der Waals surface area contributed by atoms with Crippen LogP contribution in [-0.2, 0) is 9.53 Å². The van der Waals surface area contributed by atoms with Crippen LogP contribution in [0.1, 0.15) is 0 Å². The normalized spacial score (nSPS) is 9.64. The largest absolute Gasteiger partial charge is 0.465 e. The third-order valence-electron chi connectivity index (χ3n) is 0.913.